The summed E-state index contributed by atoms with van der Waals surface area (Å²) >= 11 is 3.52. The molecule has 0 fully saturated rings. The summed E-state index contributed by atoms with van der Waals surface area (Å²) in [4.78, 5) is 0. The van der Waals surface area contributed by atoms with Crippen LogP contribution in [0, 0.1) is 0 Å². The highest BCUT2D eigenvalue weighted by Gasteiger charge is 2.09. The number of nitrogens with one attached hydrogen (secondary N) is 1. The van der Waals surface area contributed by atoms with Crippen molar-refractivity contribution in [3.63, 3.8) is 0 Å². The monoisotopic (exact) mass is 315 g/mol. The van der Waals surface area contributed by atoms with Gasteiger partial charge in [0.05, 0.1) is 16.7 Å². The van der Waals surface area contributed by atoms with Crippen molar-refractivity contribution in [1.82, 2.24) is 5.32 Å². The maximum Gasteiger partial charge on any atom is 0.133 e. The third kappa shape index (κ3) is 5.85. The summed E-state index contributed by atoms with van der Waals surface area (Å²) in [5, 5.41) is 3.12. The van der Waals surface area contributed by atoms with E-state index in [2.05, 4.69) is 33.4 Å². The van der Waals surface area contributed by atoms with E-state index in [4.69, 9.17) is 9.47 Å². The molecule has 1 aromatic carbocycles. The molecule has 0 aliphatic rings. The van der Waals surface area contributed by atoms with Crippen molar-refractivity contribution in [1.29, 1.82) is 0 Å². The summed E-state index contributed by atoms with van der Waals surface area (Å²) in [5.41, 5.74) is 1.11. The number of ether oxygens (including phenoxy) is 2. The maximum absolute atomic E-state index is 5.67. The van der Waals surface area contributed by atoms with Crippen LogP contribution in [0.4, 0.5) is 0 Å². The van der Waals surface area contributed by atoms with Gasteiger partial charge in [0.25, 0.3) is 0 Å². The van der Waals surface area contributed by atoms with Gasteiger partial charge in [-0.05, 0) is 61.4 Å². The fourth-order valence-electron chi connectivity index (χ4n) is 1.47. The highest BCUT2D eigenvalue weighted by atomic mass is 79.9. The van der Waals surface area contributed by atoms with Gasteiger partial charge in [0, 0.05) is 6.54 Å². The first-order valence-electron chi connectivity index (χ1n) is 6.12. The number of benzene rings is 1. The topological polar surface area (TPSA) is 30.5 Å². The summed E-state index contributed by atoms with van der Waals surface area (Å²) in [6.45, 7) is 8.11. The van der Waals surface area contributed by atoms with Crippen LogP contribution in [0.25, 0.3) is 0 Å². The van der Waals surface area contributed by atoms with Gasteiger partial charge in [0.2, 0.25) is 0 Å². The smallest absolute Gasteiger partial charge is 0.133 e. The van der Waals surface area contributed by atoms with Crippen molar-refractivity contribution in [3.05, 3.63) is 28.2 Å². The van der Waals surface area contributed by atoms with Crippen LogP contribution in [0.15, 0.2) is 22.7 Å². The number of hydrogen-bond donors (Lipinski definition) is 1. The molecule has 0 aliphatic heterocycles. The molecular weight excluding hydrogens is 294 g/mol. The second-order valence-corrected chi connectivity index (χ2v) is 5.96. The molecule has 0 saturated heterocycles. The van der Waals surface area contributed by atoms with Crippen LogP contribution in [0.2, 0.25) is 0 Å². The van der Waals surface area contributed by atoms with Crippen LogP contribution in [-0.4, -0.2) is 25.9 Å². The molecule has 3 nitrogen and oxygen atoms in total. The molecule has 1 N–H and O–H groups in total. The van der Waals surface area contributed by atoms with Gasteiger partial charge in [-0.2, -0.15) is 0 Å². The van der Waals surface area contributed by atoms with Crippen LogP contribution in [0.1, 0.15) is 26.3 Å². The SMILES string of the molecule is CNCc1ccc(OCCOC(C)(C)C)c(Br)c1. The Balaban J connectivity index is 2.43. The minimum absolute atomic E-state index is 0.114. The lowest BCUT2D eigenvalue weighted by Crippen LogP contribution is -2.22. The van der Waals surface area contributed by atoms with Crippen LogP contribution in [0.5, 0.6) is 5.75 Å². The molecule has 0 aromatic heterocycles. The number of rotatable bonds is 6. The largest absolute Gasteiger partial charge is 0.490 e. The lowest BCUT2D eigenvalue weighted by molar-refractivity contribution is -0.0163. The summed E-state index contributed by atoms with van der Waals surface area (Å²) < 4.78 is 12.3. The van der Waals surface area contributed by atoms with E-state index >= 15 is 0 Å². The second-order valence-electron chi connectivity index (χ2n) is 5.10. The van der Waals surface area contributed by atoms with Crippen molar-refractivity contribution in [2.24, 2.45) is 0 Å². The van der Waals surface area contributed by atoms with E-state index in [1.807, 2.05) is 33.9 Å². The van der Waals surface area contributed by atoms with Gasteiger partial charge in [0.1, 0.15) is 12.4 Å². The standard InChI is InChI=1S/C14H22BrNO2/c1-14(2,3)18-8-7-17-13-6-5-11(10-16-4)9-12(13)15/h5-6,9,16H,7-8,10H2,1-4H3. The minimum Gasteiger partial charge on any atom is -0.490 e. The Morgan fingerprint density at radius 3 is 2.50 bits per heavy atom. The summed E-state index contributed by atoms with van der Waals surface area (Å²) in [5.74, 6) is 0.854. The normalized spacial score (nSPS) is 11.6. The van der Waals surface area contributed by atoms with Gasteiger partial charge >= 0.3 is 0 Å². The second kappa shape index (κ2) is 7.12. The Morgan fingerprint density at radius 2 is 1.94 bits per heavy atom. The van der Waals surface area contributed by atoms with Crippen molar-refractivity contribution in [3.8, 4) is 5.75 Å². The third-order valence-electron chi connectivity index (χ3n) is 2.25. The maximum atomic E-state index is 5.67. The molecule has 0 saturated carbocycles. The molecule has 0 radical (unpaired) electrons. The molecule has 1 aromatic rings. The minimum atomic E-state index is -0.114. The van der Waals surface area contributed by atoms with E-state index < -0.39 is 0 Å². The average Bonchev–Trinajstić information content (AvgIpc) is 2.26. The third-order valence-corrected chi connectivity index (χ3v) is 2.87. The van der Waals surface area contributed by atoms with Crippen molar-refractivity contribution in [2.75, 3.05) is 20.3 Å². The first kappa shape index (κ1) is 15.5. The quantitative estimate of drug-likeness (QED) is 0.816. The van der Waals surface area contributed by atoms with Crippen LogP contribution < -0.4 is 10.1 Å². The Morgan fingerprint density at radius 1 is 1.22 bits per heavy atom. The van der Waals surface area contributed by atoms with Crippen molar-refractivity contribution >= 4 is 15.9 Å². The van der Waals surface area contributed by atoms with Crippen molar-refractivity contribution in [2.45, 2.75) is 32.9 Å². The van der Waals surface area contributed by atoms with Crippen molar-refractivity contribution < 1.29 is 9.47 Å². The molecule has 102 valence electrons. The van der Waals surface area contributed by atoms with Gasteiger partial charge in [-0.25, -0.2) is 0 Å². The molecule has 4 heteroatoms. The fraction of sp³-hybridized carbons (Fsp3) is 0.571. The van der Waals surface area contributed by atoms with Gasteiger partial charge in [-0.15, -0.1) is 0 Å². The summed E-state index contributed by atoms with van der Waals surface area (Å²) in [6, 6.07) is 6.10. The molecule has 0 unspecified atom stereocenters. The molecule has 0 heterocycles. The molecular formula is C14H22BrNO2. The summed E-state index contributed by atoms with van der Waals surface area (Å²) in [7, 11) is 1.93. The fourth-order valence-corrected chi connectivity index (χ4v) is 2.02. The van der Waals surface area contributed by atoms with Gasteiger partial charge in [-0.1, -0.05) is 6.07 Å². The molecule has 0 aliphatic carbocycles. The van der Waals surface area contributed by atoms with Crippen LogP contribution >= 0.6 is 15.9 Å². The Kier molecular flexibility index (Phi) is 6.12. The predicted molar refractivity (Wildman–Crippen MR) is 78.1 cm³/mol. The Hall–Kier alpha value is -0.580. The van der Waals surface area contributed by atoms with Gasteiger partial charge < -0.3 is 14.8 Å². The molecule has 0 amide bonds. The Labute approximate surface area is 118 Å². The van der Waals surface area contributed by atoms with E-state index in [0.29, 0.717) is 13.2 Å². The highest BCUT2D eigenvalue weighted by Crippen LogP contribution is 2.26. The number of hydrogen-bond acceptors (Lipinski definition) is 3. The first-order valence-corrected chi connectivity index (χ1v) is 6.91. The van der Waals surface area contributed by atoms with E-state index in [1.165, 1.54) is 5.56 Å². The molecule has 0 spiro atoms. The summed E-state index contributed by atoms with van der Waals surface area (Å²) in [6.07, 6.45) is 0. The number of halogens is 1. The lowest BCUT2D eigenvalue weighted by Gasteiger charge is -2.19. The van der Waals surface area contributed by atoms with Gasteiger partial charge in [0.15, 0.2) is 0 Å². The molecule has 1 rings (SSSR count). The van der Waals surface area contributed by atoms with Gasteiger partial charge in [-0.3, -0.25) is 0 Å². The Bertz CT molecular complexity index is 375. The van der Waals surface area contributed by atoms with E-state index in [9.17, 15) is 0 Å². The first-order chi connectivity index (χ1) is 8.42. The lowest BCUT2D eigenvalue weighted by atomic mass is 10.2. The molecule has 0 bridgehead atoms. The molecule has 18 heavy (non-hydrogen) atoms. The zero-order valence-corrected chi connectivity index (χ0v) is 13.1. The average molecular weight is 316 g/mol. The molecule has 0 atom stereocenters. The predicted octanol–water partition coefficient (Wildman–Crippen LogP) is 3.36. The van der Waals surface area contributed by atoms with E-state index in [-0.39, 0.29) is 5.60 Å². The van der Waals surface area contributed by atoms with E-state index in [1.54, 1.807) is 0 Å². The van der Waals surface area contributed by atoms with E-state index in [0.717, 1.165) is 16.8 Å². The zero-order valence-electron chi connectivity index (χ0n) is 11.5. The van der Waals surface area contributed by atoms with Crippen LogP contribution in [0.3, 0.4) is 0 Å². The van der Waals surface area contributed by atoms with Crippen LogP contribution in [-0.2, 0) is 11.3 Å². The zero-order chi connectivity index (χ0) is 13.6. The highest BCUT2D eigenvalue weighted by molar-refractivity contribution is 9.10.